The molecule has 3 aliphatic carbocycles. The maximum Gasteiger partial charge on any atom is 0.511 e. The van der Waals surface area contributed by atoms with E-state index in [1.54, 1.807) is 6.92 Å². The third kappa shape index (κ3) is 6.64. The van der Waals surface area contributed by atoms with E-state index < -0.39 is 75.2 Å². The fraction of sp³-hybridized carbons (Fsp3) is 0.700. The maximum absolute atomic E-state index is 15.0. The van der Waals surface area contributed by atoms with Crippen LogP contribution in [0.1, 0.15) is 75.1 Å². The van der Waals surface area contributed by atoms with Gasteiger partial charge in [0.25, 0.3) is 5.91 Å². The highest BCUT2D eigenvalue weighted by Gasteiger charge is 2.53. The molecule has 256 valence electrons. The lowest BCUT2D eigenvalue weighted by Gasteiger charge is -2.35. The number of ether oxygens (including phenoxy) is 2. The number of carbonyl (C=O) groups is 3. The second-order valence-electron chi connectivity index (χ2n) is 13.2. The average Bonchev–Trinajstić information content (AvgIpc) is 3.60. The smallest absolute Gasteiger partial charge is 0.496 e. The highest BCUT2D eigenvalue weighted by Crippen LogP contribution is 2.49. The van der Waals surface area contributed by atoms with E-state index >= 15 is 4.39 Å². The van der Waals surface area contributed by atoms with E-state index in [0.717, 1.165) is 18.9 Å². The van der Waals surface area contributed by atoms with E-state index in [1.165, 1.54) is 13.2 Å². The molecule has 4 fully saturated rings. The van der Waals surface area contributed by atoms with Crippen molar-refractivity contribution in [2.45, 2.75) is 88.4 Å². The summed E-state index contributed by atoms with van der Waals surface area (Å²) in [5.74, 6) is -3.79. The molecule has 3 N–H and O–H groups in total. The van der Waals surface area contributed by atoms with Crippen LogP contribution in [-0.2, 0) is 19.6 Å². The maximum atomic E-state index is 15.0. The summed E-state index contributed by atoms with van der Waals surface area (Å²) in [6.45, 7) is 0.861. The Morgan fingerprint density at radius 2 is 1.70 bits per heavy atom. The van der Waals surface area contributed by atoms with Crippen molar-refractivity contribution in [1.29, 1.82) is 0 Å². The molecule has 4 aliphatic rings. The van der Waals surface area contributed by atoms with Gasteiger partial charge in [-0.1, -0.05) is 0 Å². The van der Waals surface area contributed by atoms with E-state index in [-0.39, 0.29) is 41.9 Å². The highest BCUT2D eigenvalue weighted by atomic mass is 32.2. The van der Waals surface area contributed by atoms with Gasteiger partial charge in [-0.25, -0.2) is 12.8 Å². The summed E-state index contributed by atoms with van der Waals surface area (Å²) in [5.41, 5.74) is -6.35. The van der Waals surface area contributed by atoms with Gasteiger partial charge in [0.05, 0.1) is 30.1 Å². The van der Waals surface area contributed by atoms with Crippen LogP contribution in [0.5, 0.6) is 11.5 Å². The number of nitrogens with one attached hydrogen (secondary N) is 2. The summed E-state index contributed by atoms with van der Waals surface area (Å²) in [6.07, 6.45) is 3.62. The predicted molar refractivity (Wildman–Crippen MR) is 155 cm³/mol. The Labute approximate surface area is 264 Å². The van der Waals surface area contributed by atoms with Crippen molar-refractivity contribution in [2.24, 2.45) is 23.2 Å². The monoisotopic (exact) mass is 677 g/mol. The number of nitrogens with zero attached hydrogens (tertiary/aromatic N) is 1. The molecule has 1 aromatic carbocycles. The molecular weight excluding hydrogens is 638 g/mol. The highest BCUT2D eigenvalue weighted by molar-refractivity contribution is 7.90. The van der Waals surface area contributed by atoms with Crippen LogP contribution >= 0.6 is 0 Å². The lowest BCUT2D eigenvalue weighted by Crippen LogP contribution is -2.56. The zero-order valence-electron chi connectivity index (χ0n) is 25.6. The molecule has 2 bridgehead atoms. The van der Waals surface area contributed by atoms with Crippen molar-refractivity contribution in [2.75, 3.05) is 20.2 Å². The fourth-order valence-electron chi connectivity index (χ4n) is 7.54. The number of carboxylic acids is 1. The minimum atomic E-state index is -5.53. The molecule has 5 atom stereocenters. The quantitative estimate of drug-likeness (QED) is 0.334. The van der Waals surface area contributed by atoms with Crippen molar-refractivity contribution < 1.29 is 54.9 Å². The first kappa shape index (κ1) is 34.2. The Kier molecular flexibility index (Phi) is 9.53. The zero-order chi connectivity index (χ0) is 33.6. The Balaban J connectivity index is 1.28. The zero-order valence-corrected chi connectivity index (χ0v) is 26.4. The van der Waals surface area contributed by atoms with Gasteiger partial charge in [-0.2, -0.15) is 17.5 Å². The summed E-state index contributed by atoms with van der Waals surface area (Å²) in [4.78, 5) is 38.7. The largest absolute Gasteiger partial charge is 0.511 e. The number of piperidine rings is 1. The third-order valence-electron chi connectivity index (χ3n) is 10.2. The predicted octanol–water partition coefficient (Wildman–Crippen LogP) is 3.82. The van der Waals surface area contributed by atoms with E-state index in [9.17, 15) is 41.1 Å². The molecule has 11 nitrogen and oxygen atoms in total. The molecule has 3 saturated carbocycles. The molecular formula is C30H39F4N3O8S. The number of hydrogen-bond acceptors (Lipinski definition) is 7. The molecule has 1 heterocycles. The van der Waals surface area contributed by atoms with Gasteiger partial charge in [0.1, 0.15) is 5.75 Å². The van der Waals surface area contributed by atoms with Crippen LogP contribution in [-0.4, -0.2) is 79.5 Å². The van der Waals surface area contributed by atoms with E-state index in [0.29, 0.717) is 42.8 Å². The second-order valence-corrected chi connectivity index (χ2v) is 15.1. The van der Waals surface area contributed by atoms with Crippen LogP contribution in [0.2, 0.25) is 0 Å². The molecule has 5 rings (SSSR count). The summed E-state index contributed by atoms with van der Waals surface area (Å²) in [6, 6.07) is 0.826. The fourth-order valence-corrected chi connectivity index (χ4v) is 8.58. The van der Waals surface area contributed by atoms with E-state index in [4.69, 9.17) is 9.47 Å². The topological polar surface area (TPSA) is 151 Å². The van der Waals surface area contributed by atoms with Gasteiger partial charge >= 0.3 is 21.5 Å². The molecule has 0 spiro atoms. The molecule has 2 amide bonds. The minimum absolute atomic E-state index is 0.0210. The van der Waals surface area contributed by atoms with E-state index in [1.807, 2.05) is 0 Å². The van der Waals surface area contributed by atoms with Crippen LogP contribution in [0.3, 0.4) is 0 Å². The number of alkyl halides is 3. The molecule has 0 radical (unpaired) electrons. The molecule has 1 aromatic rings. The Morgan fingerprint density at radius 3 is 2.33 bits per heavy atom. The number of carbonyl (C=O) groups excluding carboxylic acids is 2. The molecule has 1 saturated heterocycles. The van der Waals surface area contributed by atoms with Crippen LogP contribution < -0.4 is 20.1 Å². The number of aliphatic carboxylic acids is 1. The number of benzene rings is 1. The number of rotatable bonds is 9. The average molecular weight is 678 g/mol. The number of amides is 2. The first-order chi connectivity index (χ1) is 21.5. The first-order valence-electron chi connectivity index (χ1n) is 15.5. The second kappa shape index (κ2) is 12.8. The number of carboxylic acid groups (broad SMARTS) is 1. The van der Waals surface area contributed by atoms with Gasteiger partial charge in [-0.05, 0) is 82.6 Å². The van der Waals surface area contributed by atoms with Crippen LogP contribution in [0.15, 0.2) is 12.1 Å². The Hall–Kier alpha value is -3.14. The minimum Gasteiger partial charge on any atom is -0.496 e. The van der Waals surface area contributed by atoms with Crippen molar-refractivity contribution >= 4 is 27.8 Å². The Morgan fingerprint density at radius 1 is 1.02 bits per heavy atom. The lowest BCUT2D eigenvalue weighted by atomic mass is 9.75. The molecule has 5 unspecified atom stereocenters. The number of hydrogen-bond donors (Lipinski definition) is 3. The third-order valence-corrected chi connectivity index (χ3v) is 11.8. The first-order valence-corrected chi connectivity index (χ1v) is 16.9. The Bertz CT molecular complexity index is 1460. The molecule has 0 aromatic heterocycles. The number of fused-ring (bicyclic) bond motifs is 2. The normalized spacial score (nSPS) is 31.7. The van der Waals surface area contributed by atoms with Crippen LogP contribution in [0.4, 0.5) is 17.6 Å². The standard InChI is InChI=1S/C30H39F4N3O8S/c1-29(28(40)41)9-7-19(8-10-29)45-23-13-20(22(44-2)14-21(23)31)26(38)36-25-17-6-5-16(12-17)24(25)27(39)35-18-4-3-11-37(15-18)46(42,43)30(32,33)34/h13-14,16-19,24-25H,3-12,15H2,1-2H3,(H,35,39)(H,36,38)(H,40,41). The molecule has 46 heavy (non-hydrogen) atoms. The van der Waals surface area contributed by atoms with E-state index in [2.05, 4.69) is 10.6 Å². The van der Waals surface area contributed by atoms with Crippen LogP contribution in [0.25, 0.3) is 0 Å². The van der Waals surface area contributed by atoms with Crippen molar-refractivity contribution in [3.05, 3.63) is 23.5 Å². The van der Waals surface area contributed by atoms with Gasteiger partial charge in [-0.15, -0.1) is 0 Å². The summed E-state index contributed by atoms with van der Waals surface area (Å²) < 4.78 is 89.8. The SMILES string of the molecule is COc1cc(F)c(OC2CCC(C)(C(=O)O)CC2)cc1C(=O)NC1C2CCC(C2)C1C(=O)NC1CCCN(S(=O)(=O)C(F)(F)F)C1. The number of sulfonamides is 1. The summed E-state index contributed by atoms with van der Waals surface area (Å²) >= 11 is 0. The lowest BCUT2D eigenvalue weighted by molar-refractivity contribution is -0.150. The summed E-state index contributed by atoms with van der Waals surface area (Å²) in [7, 11) is -4.25. The van der Waals surface area contributed by atoms with Gasteiger partial charge in [-0.3, -0.25) is 14.4 Å². The number of halogens is 4. The molecule has 16 heteroatoms. The van der Waals surface area contributed by atoms with Crippen molar-refractivity contribution in [1.82, 2.24) is 14.9 Å². The van der Waals surface area contributed by atoms with Gasteiger partial charge in [0, 0.05) is 31.2 Å². The van der Waals surface area contributed by atoms with Crippen molar-refractivity contribution in [3.8, 4) is 11.5 Å². The van der Waals surface area contributed by atoms with Gasteiger partial charge in [0.2, 0.25) is 5.91 Å². The van der Waals surface area contributed by atoms with Gasteiger partial charge in [0.15, 0.2) is 11.6 Å². The number of methoxy groups -OCH3 is 1. The van der Waals surface area contributed by atoms with Crippen LogP contribution in [0, 0.1) is 29.0 Å². The van der Waals surface area contributed by atoms with Gasteiger partial charge < -0.3 is 25.2 Å². The summed E-state index contributed by atoms with van der Waals surface area (Å²) in [5, 5.41) is 15.1. The van der Waals surface area contributed by atoms with Crippen molar-refractivity contribution in [3.63, 3.8) is 0 Å². The molecule has 1 aliphatic heterocycles.